The molecule has 0 radical (unpaired) electrons. The van der Waals surface area contributed by atoms with E-state index in [2.05, 4.69) is 10.1 Å². The Morgan fingerprint density at radius 1 is 1.15 bits per heavy atom. The summed E-state index contributed by atoms with van der Waals surface area (Å²) in [5.74, 6) is -0.375. The van der Waals surface area contributed by atoms with Crippen LogP contribution in [0.15, 0.2) is 39.0 Å². The highest BCUT2D eigenvalue weighted by atomic mass is 16.3. The van der Waals surface area contributed by atoms with Crippen molar-refractivity contribution in [2.45, 2.75) is 39.5 Å². The first kappa shape index (κ1) is 18.0. The average Bonchev–Trinajstić information content (AvgIpc) is 2.63. The molecule has 3 rings (SSSR count). The number of H-pyrrole nitrogens is 1. The highest BCUT2D eigenvalue weighted by Gasteiger charge is 2.20. The lowest BCUT2D eigenvalue weighted by atomic mass is 10.1. The molecule has 2 heterocycles. The SMILES string of the molecule is CC/C(=N\N1CCCCC1)c1c(O)n(-c2ccc(C)cc2)c(=O)[nH]c1=O. The Balaban J connectivity index is 2.13. The number of aryl methyl sites for hydroxylation is 1. The summed E-state index contributed by atoms with van der Waals surface area (Å²) in [6.45, 7) is 5.48. The van der Waals surface area contributed by atoms with Crippen LogP contribution in [0.2, 0.25) is 0 Å². The zero-order valence-corrected chi connectivity index (χ0v) is 15.2. The van der Waals surface area contributed by atoms with Crippen molar-refractivity contribution in [3.8, 4) is 11.6 Å². The van der Waals surface area contributed by atoms with Gasteiger partial charge in [0.15, 0.2) is 0 Å². The van der Waals surface area contributed by atoms with E-state index in [0.29, 0.717) is 17.8 Å². The van der Waals surface area contributed by atoms with Crippen LogP contribution in [-0.4, -0.2) is 38.5 Å². The van der Waals surface area contributed by atoms with Crippen molar-refractivity contribution < 1.29 is 5.11 Å². The minimum Gasteiger partial charge on any atom is -0.493 e. The molecule has 1 aliphatic heterocycles. The molecule has 0 saturated carbocycles. The van der Waals surface area contributed by atoms with Gasteiger partial charge in [0.2, 0.25) is 5.88 Å². The number of rotatable bonds is 4. The Labute approximate surface area is 151 Å². The Morgan fingerprint density at radius 3 is 2.42 bits per heavy atom. The summed E-state index contributed by atoms with van der Waals surface area (Å²) in [7, 11) is 0. The van der Waals surface area contributed by atoms with Gasteiger partial charge in [0, 0.05) is 13.1 Å². The summed E-state index contributed by atoms with van der Waals surface area (Å²) in [6, 6.07) is 7.14. The number of hydrogen-bond donors (Lipinski definition) is 2. The number of benzene rings is 1. The molecule has 7 nitrogen and oxygen atoms in total. The molecule has 7 heteroatoms. The number of nitrogens with zero attached hydrogens (tertiary/aromatic N) is 3. The van der Waals surface area contributed by atoms with Gasteiger partial charge in [0.25, 0.3) is 5.56 Å². The van der Waals surface area contributed by atoms with E-state index in [9.17, 15) is 14.7 Å². The topological polar surface area (TPSA) is 90.7 Å². The number of aromatic nitrogens is 2. The van der Waals surface area contributed by atoms with Gasteiger partial charge in [0.1, 0.15) is 5.56 Å². The second kappa shape index (κ2) is 7.59. The van der Waals surface area contributed by atoms with Crippen molar-refractivity contribution in [3.05, 3.63) is 56.2 Å². The molecule has 0 atom stereocenters. The molecule has 1 aromatic carbocycles. The number of hydrazone groups is 1. The van der Waals surface area contributed by atoms with Crippen molar-refractivity contribution in [3.63, 3.8) is 0 Å². The number of aromatic amines is 1. The molecule has 0 aliphatic carbocycles. The first-order valence-corrected chi connectivity index (χ1v) is 8.99. The maximum absolute atomic E-state index is 12.4. The van der Waals surface area contributed by atoms with Gasteiger partial charge in [-0.25, -0.2) is 9.36 Å². The predicted molar refractivity (Wildman–Crippen MR) is 101 cm³/mol. The summed E-state index contributed by atoms with van der Waals surface area (Å²) in [6.07, 6.45) is 3.77. The van der Waals surface area contributed by atoms with E-state index in [0.717, 1.165) is 36.1 Å². The van der Waals surface area contributed by atoms with Gasteiger partial charge in [-0.05, 0) is 44.7 Å². The number of nitrogens with one attached hydrogen (secondary N) is 1. The Kier molecular flexibility index (Phi) is 5.25. The Bertz CT molecular complexity index is 919. The van der Waals surface area contributed by atoms with Crippen molar-refractivity contribution >= 4 is 5.71 Å². The zero-order chi connectivity index (χ0) is 18.7. The van der Waals surface area contributed by atoms with E-state index in [-0.39, 0.29) is 11.4 Å². The summed E-state index contributed by atoms with van der Waals surface area (Å²) >= 11 is 0. The van der Waals surface area contributed by atoms with Gasteiger partial charge in [-0.15, -0.1) is 0 Å². The van der Waals surface area contributed by atoms with E-state index >= 15 is 0 Å². The molecule has 0 spiro atoms. The fraction of sp³-hybridized carbons (Fsp3) is 0.421. The Morgan fingerprint density at radius 2 is 1.81 bits per heavy atom. The largest absolute Gasteiger partial charge is 0.493 e. The van der Waals surface area contributed by atoms with Gasteiger partial charge in [-0.2, -0.15) is 5.10 Å². The van der Waals surface area contributed by atoms with Gasteiger partial charge in [0.05, 0.1) is 11.4 Å². The van der Waals surface area contributed by atoms with Crippen molar-refractivity contribution in [1.82, 2.24) is 14.6 Å². The smallest absolute Gasteiger partial charge is 0.335 e. The maximum atomic E-state index is 12.4. The van der Waals surface area contributed by atoms with E-state index in [1.54, 1.807) is 12.1 Å². The van der Waals surface area contributed by atoms with E-state index in [1.165, 1.54) is 6.42 Å². The standard InChI is InChI=1S/C19H24N4O3/c1-3-15(21-22-11-5-4-6-12-22)16-17(24)20-19(26)23(18(16)25)14-9-7-13(2)8-10-14/h7-10,25H,3-6,11-12H2,1-2H3,(H,20,24,26)/b21-15+. The van der Waals surface area contributed by atoms with Crippen LogP contribution >= 0.6 is 0 Å². The highest BCUT2D eigenvalue weighted by Crippen LogP contribution is 2.19. The number of aromatic hydroxyl groups is 1. The lowest BCUT2D eigenvalue weighted by molar-refractivity contribution is 0.239. The normalized spacial score (nSPS) is 15.3. The van der Waals surface area contributed by atoms with Crippen LogP contribution in [0.3, 0.4) is 0 Å². The van der Waals surface area contributed by atoms with Crippen molar-refractivity contribution in [2.24, 2.45) is 5.10 Å². The number of hydrogen-bond acceptors (Lipinski definition) is 5. The monoisotopic (exact) mass is 356 g/mol. The average molecular weight is 356 g/mol. The fourth-order valence-corrected chi connectivity index (χ4v) is 3.16. The van der Waals surface area contributed by atoms with Gasteiger partial charge < -0.3 is 5.11 Å². The second-order valence-electron chi connectivity index (χ2n) is 6.54. The van der Waals surface area contributed by atoms with Crippen LogP contribution in [0, 0.1) is 6.92 Å². The van der Waals surface area contributed by atoms with Crippen LogP contribution in [0.1, 0.15) is 43.7 Å². The van der Waals surface area contributed by atoms with E-state index in [4.69, 9.17) is 0 Å². The lowest BCUT2D eigenvalue weighted by Crippen LogP contribution is -2.34. The zero-order valence-electron chi connectivity index (χ0n) is 15.2. The maximum Gasteiger partial charge on any atom is 0.335 e. The van der Waals surface area contributed by atoms with Crippen LogP contribution in [0.5, 0.6) is 5.88 Å². The highest BCUT2D eigenvalue weighted by molar-refractivity contribution is 6.01. The van der Waals surface area contributed by atoms with Gasteiger partial charge in [-0.3, -0.25) is 14.8 Å². The Hall–Kier alpha value is -2.83. The fourth-order valence-electron chi connectivity index (χ4n) is 3.16. The molecule has 26 heavy (non-hydrogen) atoms. The molecule has 1 aliphatic rings. The first-order chi connectivity index (χ1) is 12.5. The molecular formula is C19H24N4O3. The predicted octanol–water partition coefficient (Wildman–Crippen LogP) is 2.14. The summed E-state index contributed by atoms with van der Waals surface area (Å²) in [5, 5.41) is 17.3. The molecular weight excluding hydrogens is 332 g/mol. The van der Waals surface area contributed by atoms with E-state index < -0.39 is 11.2 Å². The third-order valence-corrected chi connectivity index (χ3v) is 4.60. The minimum absolute atomic E-state index is 0.0539. The second-order valence-corrected chi connectivity index (χ2v) is 6.54. The molecule has 138 valence electrons. The summed E-state index contributed by atoms with van der Waals surface area (Å²) in [5.41, 5.74) is 0.766. The van der Waals surface area contributed by atoms with Crippen LogP contribution < -0.4 is 11.2 Å². The number of piperidine rings is 1. The quantitative estimate of drug-likeness (QED) is 0.821. The van der Waals surface area contributed by atoms with Crippen LogP contribution in [-0.2, 0) is 0 Å². The van der Waals surface area contributed by atoms with Crippen LogP contribution in [0.4, 0.5) is 0 Å². The molecule has 0 unspecified atom stereocenters. The third kappa shape index (κ3) is 3.56. The molecule has 1 saturated heterocycles. The molecule has 1 aromatic heterocycles. The first-order valence-electron chi connectivity index (χ1n) is 8.99. The summed E-state index contributed by atoms with van der Waals surface area (Å²) < 4.78 is 1.11. The van der Waals surface area contributed by atoms with E-state index in [1.807, 2.05) is 31.0 Å². The lowest BCUT2D eigenvalue weighted by Gasteiger charge is -2.25. The molecule has 0 amide bonds. The van der Waals surface area contributed by atoms with Gasteiger partial charge >= 0.3 is 5.69 Å². The molecule has 1 fully saturated rings. The molecule has 0 bridgehead atoms. The van der Waals surface area contributed by atoms with Gasteiger partial charge in [-0.1, -0.05) is 24.6 Å². The van der Waals surface area contributed by atoms with Crippen molar-refractivity contribution in [2.75, 3.05) is 13.1 Å². The molecule has 2 aromatic rings. The third-order valence-electron chi connectivity index (χ3n) is 4.60. The summed E-state index contributed by atoms with van der Waals surface area (Å²) in [4.78, 5) is 27.0. The van der Waals surface area contributed by atoms with Crippen molar-refractivity contribution in [1.29, 1.82) is 0 Å². The minimum atomic E-state index is -0.673. The molecule has 2 N–H and O–H groups in total. The van der Waals surface area contributed by atoms with Crippen LogP contribution in [0.25, 0.3) is 5.69 Å².